The molecule has 2 aliphatic heterocycles. The molecular weight excluding hydrogens is 400 g/mol. The van der Waals surface area contributed by atoms with E-state index in [1.54, 1.807) is 0 Å². The Hall–Kier alpha value is -1.66. The highest BCUT2D eigenvalue weighted by Crippen LogP contribution is 2.36. The second-order valence-electron chi connectivity index (χ2n) is 6.22. The number of urea groups is 1. The minimum atomic E-state index is -0.121. The predicted octanol–water partition coefficient (Wildman–Crippen LogP) is 4.81. The van der Waals surface area contributed by atoms with E-state index in [0.29, 0.717) is 6.61 Å². The lowest BCUT2D eigenvalue weighted by molar-refractivity contribution is 0.220. The van der Waals surface area contributed by atoms with Crippen LogP contribution in [0.1, 0.15) is 36.1 Å². The van der Waals surface area contributed by atoms with Gasteiger partial charge in [0.2, 0.25) is 0 Å². The molecule has 2 aromatic carbocycles. The van der Waals surface area contributed by atoms with Crippen LogP contribution in [0.15, 0.2) is 51.8 Å². The summed E-state index contributed by atoms with van der Waals surface area (Å²) in [4.78, 5) is 13.9. The van der Waals surface area contributed by atoms with Crippen LogP contribution < -0.4 is 15.4 Å². The van der Waals surface area contributed by atoms with Gasteiger partial charge in [-0.15, -0.1) is 11.8 Å². The van der Waals surface area contributed by atoms with Crippen molar-refractivity contribution in [3.05, 3.63) is 58.1 Å². The van der Waals surface area contributed by atoms with E-state index >= 15 is 0 Å². The molecule has 0 saturated carbocycles. The quantitative estimate of drug-likeness (QED) is 0.735. The fourth-order valence-electron chi connectivity index (χ4n) is 3.37. The van der Waals surface area contributed by atoms with Crippen LogP contribution in [0.4, 0.5) is 4.79 Å². The first-order chi connectivity index (χ1) is 12.2. The van der Waals surface area contributed by atoms with Crippen molar-refractivity contribution < 1.29 is 9.53 Å². The molecule has 0 spiro atoms. The largest absolute Gasteiger partial charge is 0.493 e. The number of hydrogen-bond donors (Lipinski definition) is 2. The van der Waals surface area contributed by atoms with Gasteiger partial charge in [0.05, 0.1) is 18.7 Å². The minimum absolute atomic E-state index is 0.0329. The third kappa shape index (κ3) is 3.65. The first-order valence-corrected chi connectivity index (χ1v) is 10.2. The molecule has 0 aromatic heterocycles. The molecule has 4 nitrogen and oxygen atoms in total. The Morgan fingerprint density at radius 3 is 2.76 bits per heavy atom. The van der Waals surface area contributed by atoms with E-state index in [1.165, 1.54) is 10.5 Å². The Balaban J connectivity index is 1.47. The van der Waals surface area contributed by atoms with Crippen molar-refractivity contribution in [1.82, 2.24) is 10.6 Å². The number of carbonyl (C=O) groups is 1. The monoisotopic (exact) mass is 418 g/mol. The van der Waals surface area contributed by atoms with E-state index in [4.69, 9.17) is 4.74 Å². The average Bonchev–Trinajstić information content (AvgIpc) is 2.62. The molecule has 0 aliphatic carbocycles. The second-order valence-corrected chi connectivity index (χ2v) is 8.27. The Kier molecular flexibility index (Phi) is 4.90. The van der Waals surface area contributed by atoms with Crippen molar-refractivity contribution >= 4 is 33.7 Å². The molecule has 2 heterocycles. The van der Waals surface area contributed by atoms with Gasteiger partial charge in [-0.05, 0) is 36.2 Å². The molecule has 0 bridgehead atoms. The van der Waals surface area contributed by atoms with Crippen LogP contribution in [0.5, 0.6) is 5.75 Å². The third-order valence-electron chi connectivity index (χ3n) is 4.58. The highest BCUT2D eigenvalue weighted by molar-refractivity contribution is 9.10. The summed E-state index contributed by atoms with van der Waals surface area (Å²) in [6, 6.07) is 14.1. The van der Waals surface area contributed by atoms with Gasteiger partial charge < -0.3 is 15.4 Å². The van der Waals surface area contributed by atoms with Crippen LogP contribution in [0.2, 0.25) is 0 Å². The maximum absolute atomic E-state index is 12.6. The van der Waals surface area contributed by atoms with E-state index in [2.05, 4.69) is 38.7 Å². The molecule has 130 valence electrons. The number of halogens is 1. The molecular formula is C19H19BrN2O2S. The Labute approximate surface area is 159 Å². The van der Waals surface area contributed by atoms with Gasteiger partial charge in [0.25, 0.3) is 0 Å². The van der Waals surface area contributed by atoms with E-state index in [0.717, 1.165) is 34.4 Å². The molecule has 6 heteroatoms. The fourth-order valence-corrected chi connectivity index (χ4v) is 4.87. The number of thioether (sulfide) groups is 1. The smallest absolute Gasteiger partial charge is 0.315 e. The lowest BCUT2D eigenvalue weighted by Gasteiger charge is -2.29. The molecule has 2 atom stereocenters. The lowest BCUT2D eigenvalue weighted by atomic mass is 10.0. The summed E-state index contributed by atoms with van der Waals surface area (Å²) in [6.07, 6.45) is 1.72. The zero-order chi connectivity index (χ0) is 17.2. The van der Waals surface area contributed by atoms with Crippen molar-refractivity contribution in [2.24, 2.45) is 0 Å². The van der Waals surface area contributed by atoms with Gasteiger partial charge in [-0.2, -0.15) is 0 Å². The van der Waals surface area contributed by atoms with Gasteiger partial charge in [0.1, 0.15) is 5.75 Å². The molecule has 4 rings (SSSR count). The maximum atomic E-state index is 12.6. The number of fused-ring (bicyclic) bond motifs is 2. The fraction of sp³-hybridized carbons (Fsp3) is 0.316. The van der Waals surface area contributed by atoms with Crippen molar-refractivity contribution in [2.45, 2.75) is 29.8 Å². The topological polar surface area (TPSA) is 50.4 Å². The molecule has 2 unspecified atom stereocenters. The number of rotatable bonds is 2. The van der Waals surface area contributed by atoms with Crippen molar-refractivity contribution in [3.63, 3.8) is 0 Å². The van der Waals surface area contributed by atoms with Gasteiger partial charge >= 0.3 is 6.03 Å². The molecule has 2 amide bonds. The van der Waals surface area contributed by atoms with E-state index < -0.39 is 0 Å². The van der Waals surface area contributed by atoms with Crippen LogP contribution in [-0.2, 0) is 0 Å². The van der Waals surface area contributed by atoms with E-state index in [9.17, 15) is 4.79 Å². The second kappa shape index (κ2) is 7.30. The number of benzene rings is 2. The molecule has 0 saturated heterocycles. The molecule has 2 aromatic rings. The average molecular weight is 419 g/mol. The Morgan fingerprint density at radius 2 is 1.88 bits per heavy atom. The van der Waals surface area contributed by atoms with Crippen molar-refractivity contribution in [1.29, 1.82) is 0 Å². The number of carbonyl (C=O) groups excluding carboxylic acids is 1. The molecule has 2 aliphatic rings. The van der Waals surface area contributed by atoms with Crippen LogP contribution >= 0.6 is 27.7 Å². The SMILES string of the molecule is O=C(NC1CCOc2ccc(Br)cc21)NC1CCSc2ccccc21. The number of nitrogens with one attached hydrogen (secondary N) is 2. The molecule has 2 N–H and O–H groups in total. The molecule has 0 fully saturated rings. The van der Waals surface area contributed by atoms with Gasteiger partial charge in [0, 0.05) is 27.1 Å². The van der Waals surface area contributed by atoms with Crippen molar-refractivity contribution in [3.8, 4) is 5.75 Å². The van der Waals surface area contributed by atoms with Crippen LogP contribution in [0.25, 0.3) is 0 Å². The first kappa shape index (κ1) is 16.8. The van der Waals surface area contributed by atoms with Crippen LogP contribution in [-0.4, -0.2) is 18.4 Å². The lowest BCUT2D eigenvalue weighted by Crippen LogP contribution is -2.42. The highest BCUT2D eigenvalue weighted by Gasteiger charge is 2.26. The van der Waals surface area contributed by atoms with Gasteiger partial charge in [-0.1, -0.05) is 34.1 Å². The summed E-state index contributed by atoms with van der Waals surface area (Å²) >= 11 is 5.35. The summed E-state index contributed by atoms with van der Waals surface area (Å²) in [5.41, 5.74) is 2.24. The minimum Gasteiger partial charge on any atom is -0.493 e. The Bertz CT molecular complexity index is 799. The standard InChI is InChI=1S/C19H19BrN2O2S/c20-12-5-6-17-14(11-12)15(7-9-24-17)21-19(23)22-16-8-10-25-18-4-2-1-3-13(16)18/h1-6,11,15-16H,7-10H2,(H2,21,22,23). The van der Waals surface area contributed by atoms with Gasteiger partial charge in [-0.25, -0.2) is 4.79 Å². The predicted molar refractivity (Wildman–Crippen MR) is 103 cm³/mol. The number of amides is 2. The van der Waals surface area contributed by atoms with Gasteiger partial charge in [-0.3, -0.25) is 0 Å². The summed E-state index contributed by atoms with van der Waals surface area (Å²) in [5.74, 6) is 1.87. The third-order valence-corrected chi connectivity index (χ3v) is 6.20. The highest BCUT2D eigenvalue weighted by atomic mass is 79.9. The summed E-state index contributed by atoms with van der Waals surface area (Å²) in [7, 11) is 0. The van der Waals surface area contributed by atoms with Gasteiger partial charge in [0.15, 0.2) is 0 Å². The zero-order valence-corrected chi connectivity index (χ0v) is 16.0. The Morgan fingerprint density at radius 1 is 1.08 bits per heavy atom. The summed E-state index contributed by atoms with van der Waals surface area (Å²) < 4.78 is 6.68. The first-order valence-electron chi connectivity index (χ1n) is 8.42. The van der Waals surface area contributed by atoms with Crippen LogP contribution in [0.3, 0.4) is 0 Å². The van der Waals surface area contributed by atoms with E-state index in [-0.39, 0.29) is 18.1 Å². The van der Waals surface area contributed by atoms with E-state index in [1.807, 2.05) is 42.1 Å². The summed E-state index contributed by atoms with van der Waals surface area (Å²) in [6.45, 7) is 0.614. The molecule has 0 radical (unpaired) electrons. The normalized spacial score (nSPS) is 21.5. The van der Waals surface area contributed by atoms with Crippen LogP contribution in [0, 0.1) is 0 Å². The number of ether oxygens (including phenoxy) is 1. The number of hydrogen-bond acceptors (Lipinski definition) is 3. The zero-order valence-electron chi connectivity index (χ0n) is 13.6. The summed E-state index contributed by atoms with van der Waals surface area (Å²) in [5, 5.41) is 6.27. The molecule has 25 heavy (non-hydrogen) atoms. The maximum Gasteiger partial charge on any atom is 0.315 e. The van der Waals surface area contributed by atoms with Crippen molar-refractivity contribution in [2.75, 3.05) is 12.4 Å².